The summed E-state index contributed by atoms with van der Waals surface area (Å²) in [5, 5.41) is 0. The summed E-state index contributed by atoms with van der Waals surface area (Å²) in [7, 11) is 0. The van der Waals surface area contributed by atoms with Crippen LogP contribution in [0.1, 0.15) is 39.2 Å². The van der Waals surface area contributed by atoms with Crippen LogP contribution in [0.4, 0.5) is 0 Å². The van der Waals surface area contributed by atoms with Crippen LogP contribution in [-0.4, -0.2) is 5.78 Å². The van der Waals surface area contributed by atoms with Gasteiger partial charge in [-0.2, -0.15) is 0 Å². The van der Waals surface area contributed by atoms with E-state index in [0.717, 1.165) is 5.56 Å². The second-order valence-electron chi connectivity index (χ2n) is 4.75. The molecule has 1 heteroatoms. The molecule has 14 heavy (non-hydrogen) atoms. The van der Waals surface area contributed by atoms with E-state index >= 15 is 0 Å². The van der Waals surface area contributed by atoms with Crippen LogP contribution in [0.25, 0.3) is 0 Å². The maximum atomic E-state index is 12.0. The van der Waals surface area contributed by atoms with Gasteiger partial charge in [0.25, 0.3) is 0 Å². The van der Waals surface area contributed by atoms with Crippen molar-refractivity contribution in [2.75, 3.05) is 0 Å². The molecule has 1 rings (SSSR count). The maximum absolute atomic E-state index is 12.0. The zero-order chi connectivity index (χ0) is 10.8. The average molecular weight is 190 g/mol. The van der Waals surface area contributed by atoms with E-state index in [-0.39, 0.29) is 11.3 Å². The average Bonchev–Trinajstić information content (AvgIpc) is 2.15. The van der Waals surface area contributed by atoms with Crippen molar-refractivity contribution < 1.29 is 4.79 Å². The lowest BCUT2D eigenvalue weighted by molar-refractivity contribution is -0.127. The summed E-state index contributed by atoms with van der Waals surface area (Å²) in [4.78, 5) is 12.0. The third-order valence-corrected chi connectivity index (χ3v) is 2.43. The Bertz CT molecular complexity index is 306. The molecule has 0 bridgehead atoms. The van der Waals surface area contributed by atoms with E-state index in [1.54, 1.807) is 0 Å². The summed E-state index contributed by atoms with van der Waals surface area (Å²) < 4.78 is 0. The minimum Gasteiger partial charge on any atom is -0.298 e. The first-order valence-corrected chi connectivity index (χ1v) is 5.02. The molecule has 76 valence electrons. The van der Waals surface area contributed by atoms with Crippen LogP contribution in [0, 0.1) is 5.41 Å². The number of carbonyl (C=O) groups is 1. The minimum atomic E-state index is -0.255. The van der Waals surface area contributed by atoms with Gasteiger partial charge in [0.15, 0.2) is 0 Å². The number of Topliss-reactive ketones (excluding diaryl/α,β-unsaturated/α-hetero) is 1. The molecule has 0 saturated carbocycles. The second kappa shape index (κ2) is 3.95. The Morgan fingerprint density at radius 3 is 2.07 bits per heavy atom. The van der Waals surface area contributed by atoms with Crippen LogP contribution in [0.2, 0.25) is 0 Å². The first-order valence-electron chi connectivity index (χ1n) is 5.02. The van der Waals surface area contributed by atoms with E-state index in [1.807, 2.05) is 58.0 Å². The molecule has 0 radical (unpaired) electrons. The molecule has 0 aliphatic carbocycles. The summed E-state index contributed by atoms with van der Waals surface area (Å²) >= 11 is 0. The van der Waals surface area contributed by atoms with E-state index in [1.165, 1.54) is 0 Å². The molecule has 0 unspecified atom stereocenters. The number of hydrogen-bond donors (Lipinski definition) is 0. The fourth-order valence-corrected chi connectivity index (χ4v) is 1.54. The van der Waals surface area contributed by atoms with Gasteiger partial charge in [0.2, 0.25) is 0 Å². The molecule has 0 fully saturated rings. The van der Waals surface area contributed by atoms with Crippen molar-refractivity contribution in [1.82, 2.24) is 0 Å². The molecule has 0 heterocycles. The van der Waals surface area contributed by atoms with Gasteiger partial charge in [-0.25, -0.2) is 0 Å². The van der Waals surface area contributed by atoms with Crippen LogP contribution in [-0.2, 0) is 4.79 Å². The van der Waals surface area contributed by atoms with Gasteiger partial charge in [0.1, 0.15) is 5.78 Å². The molecule has 1 aromatic carbocycles. The molecule has 0 aromatic heterocycles. The first-order chi connectivity index (χ1) is 6.43. The maximum Gasteiger partial charge on any atom is 0.145 e. The Morgan fingerprint density at radius 1 is 1.14 bits per heavy atom. The van der Waals surface area contributed by atoms with Crippen LogP contribution in [0.3, 0.4) is 0 Å². The first kappa shape index (κ1) is 11.0. The molecule has 0 aliphatic rings. The van der Waals surface area contributed by atoms with Gasteiger partial charge in [-0.3, -0.25) is 4.79 Å². The van der Waals surface area contributed by atoms with E-state index in [4.69, 9.17) is 0 Å². The molecular weight excluding hydrogens is 172 g/mol. The molecule has 0 saturated heterocycles. The summed E-state index contributed by atoms with van der Waals surface area (Å²) in [5.74, 6) is 0.292. The van der Waals surface area contributed by atoms with E-state index in [9.17, 15) is 4.79 Å². The molecule has 0 N–H and O–H groups in total. The normalized spacial score (nSPS) is 13.7. The Labute approximate surface area is 86.1 Å². The highest BCUT2D eigenvalue weighted by Gasteiger charge is 2.27. The van der Waals surface area contributed by atoms with Crippen molar-refractivity contribution in [2.45, 2.75) is 33.6 Å². The smallest absolute Gasteiger partial charge is 0.145 e. The Hall–Kier alpha value is -1.11. The standard InChI is InChI=1S/C13H18O/c1-10(12(14)13(2,3)4)11-8-6-5-7-9-11/h5-10H,1-4H3/t10-/m0/s1. The summed E-state index contributed by atoms with van der Waals surface area (Å²) in [6, 6.07) is 9.93. The Kier molecular flexibility index (Phi) is 3.10. The van der Waals surface area contributed by atoms with Gasteiger partial charge in [0, 0.05) is 11.3 Å². The molecule has 0 aliphatic heterocycles. The number of carbonyl (C=O) groups excluding carboxylic acids is 1. The Balaban J connectivity index is 2.87. The van der Waals surface area contributed by atoms with E-state index < -0.39 is 0 Å². The highest BCUT2D eigenvalue weighted by atomic mass is 16.1. The lowest BCUT2D eigenvalue weighted by Crippen LogP contribution is -2.25. The largest absolute Gasteiger partial charge is 0.298 e. The molecule has 1 nitrogen and oxygen atoms in total. The van der Waals surface area contributed by atoms with Crippen molar-refractivity contribution >= 4 is 5.78 Å². The topological polar surface area (TPSA) is 17.1 Å². The minimum absolute atomic E-state index is 0.00352. The highest BCUT2D eigenvalue weighted by molar-refractivity contribution is 5.89. The third-order valence-electron chi connectivity index (χ3n) is 2.43. The van der Waals surface area contributed by atoms with Crippen molar-refractivity contribution in [2.24, 2.45) is 5.41 Å². The molecular formula is C13H18O. The van der Waals surface area contributed by atoms with Crippen LogP contribution >= 0.6 is 0 Å². The van der Waals surface area contributed by atoms with Crippen LogP contribution < -0.4 is 0 Å². The van der Waals surface area contributed by atoms with Gasteiger partial charge in [0.05, 0.1) is 0 Å². The van der Waals surface area contributed by atoms with Crippen LogP contribution in [0.15, 0.2) is 30.3 Å². The van der Waals surface area contributed by atoms with Gasteiger partial charge in [-0.05, 0) is 5.56 Å². The van der Waals surface area contributed by atoms with Crippen molar-refractivity contribution in [3.8, 4) is 0 Å². The van der Waals surface area contributed by atoms with Gasteiger partial charge in [-0.1, -0.05) is 58.0 Å². The SMILES string of the molecule is C[C@H](C(=O)C(C)(C)C)c1ccccc1. The van der Waals surface area contributed by atoms with Gasteiger partial charge < -0.3 is 0 Å². The van der Waals surface area contributed by atoms with Gasteiger partial charge in [-0.15, -0.1) is 0 Å². The lowest BCUT2D eigenvalue weighted by Gasteiger charge is -2.21. The number of rotatable bonds is 2. The number of hydrogen-bond acceptors (Lipinski definition) is 1. The van der Waals surface area contributed by atoms with E-state index in [0.29, 0.717) is 5.78 Å². The quantitative estimate of drug-likeness (QED) is 0.698. The summed E-state index contributed by atoms with van der Waals surface area (Å²) in [5.41, 5.74) is 0.849. The fourth-order valence-electron chi connectivity index (χ4n) is 1.54. The van der Waals surface area contributed by atoms with Crippen molar-refractivity contribution in [3.05, 3.63) is 35.9 Å². The van der Waals surface area contributed by atoms with Crippen LogP contribution in [0.5, 0.6) is 0 Å². The van der Waals surface area contributed by atoms with Gasteiger partial charge >= 0.3 is 0 Å². The summed E-state index contributed by atoms with van der Waals surface area (Å²) in [6.45, 7) is 7.88. The van der Waals surface area contributed by atoms with Crippen molar-refractivity contribution in [1.29, 1.82) is 0 Å². The predicted molar refractivity (Wildman–Crippen MR) is 59.3 cm³/mol. The fraction of sp³-hybridized carbons (Fsp3) is 0.462. The predicted octanol–water partition coefficient (Wildman–Crippen LogP) is 3.41. The van der Waals surface area contributed by atoms with E-state index in [2.05, 4.69) is 0 Å². The lowest BCUT2D eigenvalue weighted by atomic mass is 9.81. The molecule has 0 amide bonds. The second-order valence-corrected chi connectivity index (χ2v) is 4.75. The molecule has 1 atom stereocenters. The zero-order valence-electron chi connectivity index (χ0n) is 9.37. The molecule has 1 aromatic rings. The number of ketones is 1. The third kappa shape index (κ3) is 2.44. The van der Waals surface area contributed by atoms with Crippen molar-refractivity contribution in [3.63, 3.8) is 0 Å². The zero-order valence-corrected chi connectivity index (χ0v) is 9.37. The summed E-state index contributed by atoms with van der Waals surface area (Å²) in [6.07, 6.45) is 0. The monoisotopic (exact) mass is 190 g/mol. The number of benzene rings is 1. The highest BCUT2D eigenvalue weighted by Crippen LogP contribution is 2.26. The molecule has 0 spiro atoms. The Morgan fingerprint density at radius 2 is 1.64 bits per heavy atom.